The molecule has 2 aliphatic rings. The Morgan fingerprint density at radius 1 is 1.29 bits per heavy atom. The van der Waals surface area contributed by atoms with Gasteiger partial charge in [0, 0.05) is 12.1 Å². The molecule has 3 rings (SSSR count). The van der Waals surface area contributed by atoms with Crippen molar-refractivity contribution >= 4 is 11.8 Å². The molecule has 2 amide bonds. The van der Waals surface area contributed by atoms with E-state index in [0.29, 0.717) is 31.2 Å². The van der Waals surface area contributed by atoms with Crippen LogP contribution in [0.2, 0.25) is 0 Å². The van der Waals surface area contributed by atoms with Crippen molar-refractivity contribution in [3.05, 3.63) is 34.9 Å². The standard InChI is InChI=1S/C16H17F3N2O3/c17-16(18,19)9-21-6-5-15(14(21)23)4-3-10-7-11(13(22)20-24)1-2-12(10)8-15/h1-2,7,24H,3-6,8-9H2,(H,20,22). The van der Waals surface area contributed by atoms with Crippen LogP contribution in [0.3, 0.4) is 0 Å². The summed E-state index contributed by atoms with van der Waals surface area (Å²) in [6.07, 6.45) is -2.60. The van der Waals surface area contributed by atoms with E-state index in [1.807, 2.05) is 0 Å². The van der Waals surface area contributed by atoms with Crippen LogP contribution in [0.15, 0.2) is 18.2 Å². The summed E-state index contributed by atoms with van der Waals surface area (Å²) in [7, 11) is 0. The normalized spacial score (nSPS) is 23.5. The van der Waals surface area contributed by atoms with Crippen LogP contribution in [-0.4, -0.2) is 41.2 Å². The molecule has 130 valence electrons. The van der Waals surface area contributed by atoms with Gasteiger partial charge in [0.25, 0.3) is 5.91 Å². The van der Waals surface area contributed by atoms with E-state index < -0.39 is 30.0 Å². The van der Waals surface area contributed by atoms with E-state index in [-0.39, 0.29) is 6.54 Å². The van der Waals surface area contributed by atoms with Gasteiger partial charge in [0.1, 0.15) is 6.54 Å². The molecule has 2 N–H and O–H groups in total. The molecule has 1 unspecified atom stereocenters. The molecule has 1 heterocycles. The van der Waals surface area contributed by atoms with Gasteiger partial charge in [-0.05, 0) is 48.9 Å². The van der Waals surface area contributed by atoms with E-state index >= 15 is 0 Å². The summed E-state index contributed by atoms with van der Waals surface area (Å²) in [5.74, 6) is -1.05. The van der Waals surface area contributed by atoms with Gasteiger partial charge < -0.3 is 4.90 Å². The summed E-state index contributed by atoms with van der Waals surface area (Å²) in [6.45, 7) is -1.07. The maximum atomic E-state index is 12.6. The quantitative estimate of drug-likeness (QED) is 0.639. The monoisotopic (exact) mass is 342 g/mol. The minimum Gasteiger partial charge on any atom is -0.333 e. The Hall–Kier alpha value is -2.09. The van der Waals surface area contributed by atoms with Gasteiger partial charge in [0.05, 0.1) is 5.41 Å². The van der Waals surface area contributed by atoms with Crippen molar-refractivity contribution in [3.63, 3.8) is 0 Å². The first-order valence-corrected chi connectivity index (χ1v) is 7.66. The molecule has 0 radical (unpaired) electrons. The molecule has 1 atom stereocenters. The third kappa shape index (κ3) is 2.98. The molecule has 1 aliphatic heterocycles. The summed E-state index contributed by atoms with van der Waals surface area (Å²) in [4.78, 5) is 24.9. The second kappa shape index (κ2) is 5.77. The van der Waals surface area contributed by atoms with E-state index in [9.17, 15) is 22.8 Å². The Kier molecular flexibility index (Phi) is 4.03. The number of likely N-dealkylation sites (tertiary alicyclic amines) is 1. The predicted molar refractivity (Wildman–Crippen MR) is 77.4 cm³/mol. The van der Waals surface area contributed by atoms with Crippen molar-refractivity contribution in [2.24, 2.45) is 5.41 Å². The first-order chi connectivity index (χ1) is 11.2. The number of nitrogens with zero attached hydrogens (tertiary/aromatic N) is 1. The fourth-order valence-corrected chi connectivity index (χ4v) is 3.72. The minimum atomic E-state index is -4.39. The highest BCUT2D eigenvalue weighted by atomic mass is 19.4. The summed E-state index contributed by atoms with van der Waals surface area (Å²) < 4.78 is 37.7. The number of benzene rings is 1. The Labute approximate surface area is 136 Å². The van der Waals surface area contributed by atoms with E-state index in [1.54, 1.807) is 17.6 Å². The third-order valence-electron chi connectivity index (χ3n) is 4.94. The molecule has 0 bridgehead atoms. The molecule has 5 nitrogen and oxygen atoms in total. The SMILES string of the molecule is O=C(NO)c1ccc2c(c1)CCC1(CCN(CC(F)(F)F)C1=O)C2. The van der Waals surface area contributed by atoms with E-state index in [4.69, 9.17) is 5.21 Å². The summed E-state index contributed by atoms with van der Waals surface area (Å²) in [5, 5.41) is 8.67. The Morgan fingerprint density at radius 2 is 2.04 bits per heavy atom. The molecule has 1 aromatic rings. The third-order valence-corrected chi connectivity index (χ3v) is 4.94. The number of carbonyl (C=O) groups excluding carboxylic acids is 2. The lowest BCUT2D eigenvalue weighted by Gasteiger charge is -2.33. The zero-order chi connectivity index (χ0) is 17.5. The van der Waals surface area contributed by atoms with Crippen molar-refractivity contribution in [2.45, 2.75) is 31.9 Å². The minimum absolute atomic E-state index is 0.124. The first kappa shape index (κ1) is 16.8. The van der Waals surface area contributed by atoms with Crippen LogP contribution >= 0.6 is 0 Å². The zero-order valence-electron chi connectivity index (χ0n) is 12.8. The molecule has 1 spiro atoms. The highest BCUT2D eigenvalue weighted by Crippen LogP contribution is 2.44. The van der Waals surface area contributed by atoms with Gasteiger partial charge in [-0.2, -0.15) is 13.2 Å². The van der Waals surface area contributed by atoms with Crippen LogP contribution in [0.4, 0.5) is 13.2 Å². The van der Waals surface area contributed by atoms with Gasteiger partial charge in [-0.15, -0.1) is 0 Å². The number of hydrogen-bond donors (Lipinski definition) is 2. The van der Waals surface area contributed by atoms with Gasteiger partial charge in [0.2, 0.25) is 5.91 Å². The van der Waals surface area contributed by atoms with E-state index in [0.717, 1.165) is 16.0 Å². The van der Waals surface area contributed by atoms with Gasteiger partial charge in [0.15, 0.2) is 0 Å². The number of fused-ring (bicyclic) bond motifs is 1. The number of hydrogen-bond acceptors (Lipinski definition) is 3. The van der Waals surface area contributed by atoms with Crippen molar-refractivity contribution in [3.8, 4) is 0 Å². The van der Waals surface area contributed by atoms with Crippen molar-refractivity contribution < 1.29 is 28.0 Å². The number of halogens is 3. The molecule has 1 saturated heterocycles. The predicted octanol–water partition coefficient (Wildman–Crippen LogP) is 2.08. The van der Waals surface area contributed by atoms with Crippen molar-refractivity contribution in [2.75, 3.05) is 13.1 Å². The van der Waals surface area contributed by atoms with Gasteiger partial charge in [-0.1, -0.05) is 6.07 Å². The average Bonchev–Trinajstić information content (AvgIpc) is 2.81. The topological polar surface area (TPSA) is 69.6 Å². The highest BCUT2D eigenvalue weighted by Gasteiger charge is 2.50. The van der Waals surface area contributed by atoms with Crippen molar-refractivity contribution in [1.29, 1.82) is 0 Å². The Morgan fingerprint density at radius 3 is 2.71 bits per heavy atom. The Balaban J connectivity index is 1.80. The second-order valence-electron chi connectivity index (χ2n) is 6.47. The van der Waals surface area contributed by atoms with Crippen molar-refractivity contribution in [1.82, 2.24) is 10.4 Å². The fourth-order valence-electron chi connectivity index (χ4n) is 3.72. The smallest absolute Gasteiger partial charge is 0.333 e. The number of hydroxylamine groups is 1. The Bertz CT molecular complexity index is 690. The van der Waals surface area contributed by atoms with Crippen LogP contribution in [0, 0.1) is 5.41 Å². The molecule has 1 fully saturated rings. The zero-order valence-corrected chi connectivity index (χ0v) is 12.8. The first-order valence-electron chi connectivity index (χ1n) is 7.66. The van der Waals surface area contributed by atoms with Crippen LogP contribution in [-0.2, 0) is 17.6 Å². The second-order valence-corrected chi connectivity index (χ2v) is 6.47. The maximum Gasteiger partial charge on any atom is 0.406 e. The molecule has 8 heteroatoms. The van der Waals surface area contributed by atoms with E-state index in [1.165, 1.54) is 6.07 Å². The average molecular weight is 342 g/mol. The summed E-state index contributed by atoms with van der Waals surface area (Å²) in [5.41, 5.74) is 2.87. The number of nitrogens with one attached hydrogen (secondary N) is 1. The van der Waals surface area contributed by atoms with Crippen LogP contribution in [0.25, 0.3) is 0 Å². The molecule has 1 aromatic carbocycles. The maximum absolute atomic E-state index is 12.6. The molecular formula is C16H17F3N2O3. The lowest BCUT2D eigenvalue weighted by Crippen LogP contribution is -2.42. The van der Waals surface area contributed by atoms with Crippen LogP contribution < -0.4 is 5.48 Å². The molecular weight excluding hydrogens is 325 g/mol. The van der Waals surface area contributed by atoms with Crippen LogP contribution in [0.1, 0.15) is 34.3 Å². The van der Waals surface area contributed by atoms with E-state index in [2.05, 4.69) is 0 Å². The number of alkyl halides is 3. The van der Waals surface area contributed by atoms with Gasteiger partial charge >= 0.3 is 6.18 Å². The molecule has 24 heavy (non-hydrogen) atoms. The summed E-state index contributed by atoms with van der Waals surface area (Å²) >= 11 is 0. The number of amides is 2. The number of carbonyl (C=O) groups is 2. The summed E-state index contributed by atoms with van der Waals surface area (Å²) in [6, 6.07) is 4.90. The number of aryl methyl sites for hydroxylation is 1. The number of rotatable bonds is 2. The molecule has 0 aromatic heterocycles. The van der Waals surface area contributed by atoms with Gasteiger partial charge in [-0.25, -0.2) is 5.48 Å². The molecule has 1 aliphatic carbocycles. The highest BCUT2D eigenvalue weighted by molar-refractivity contribution is 5.93. The lowest BCUT2D eigenvalue weighted by atomic mass is 9.70. The van der Waals surface area contributed by atoms with Gasteiger partial charge in [-0.3, -0.25) is 14.8 Å². The fraction of sp³-hybridized carbons (Fsp3) is 0.500. The largest absolute Gasteiger partial charge is 0.406 e. The molecule has 0 saturated carbocycles. The lowest BCUT2D eigenvalue weighted by molar-refractivity contribution is -0.161. The van der Waals surface area contributed by atoms with Crippen LogP contribution in [0.5, 0.6) is 0 Å².